The second-order valence-corrected chi connectivity index (χ2v) is 9.18. The van der Waals surface area contributed by atoms with Gasteiger partial charge in [-0.25, -0.2) is 9.78 Å². The molecule has 0 unspecified atom stereocenters. The second-order valence-electron chi connectivity index (χ2n) is 8.07. The highest BCUT2D eigenvalue weighted by atomic mass is 32.1. The minimum atomic E-state index is -0.736. The Hall–Kier alpha value is -3.97. The summed E-state index contributed by atoms with van der Waals surface area (Å²) in [5, 5.41) is 3.47. The molecule has 4 rings (SSSR count). The number of aryl methyl sites for hydroxylation is 2. The van der Waals surface area contributed by atoms with Gasteiger partial charge in [-0.2, -0.15) is 0 Å². The van der Waals surface area contributed by atoms with Gasteiger partial charge in [-0.15, -0.1) is 11.3 Å². The van der Waals surface area contributed by atoms with Gasteiger partial charge in [-0.3, -0.25) is 4.79 Å². The molecule has 4 aromatic rings. The number of amides is 1. The van der Waals surface area contributed by atoms with E-state index in [1.165, 1.54) is 11.3 Å². The molecule has 0 bridgehead atoms. The van der Waals surface area contributed by atoms with Gasteiger partial charge in [0.1, 0.15) is 12.4 Å². The van der Waals surface area contributed by atoms with Gasteiger partial charge in [-0.1, -0.05) is 72.8 Å². The lowest BCUT2D eigenvalue weighted by Gasteiger charge is -2.09. The average molecular weight is 487 g/mol. The number of aromatic nitrogens is 1. The highest BCUT2D eigenvalue weighted by Gasteiger charge is 2.11. The first-order chi connectivity index (χ1) is 17.0. The molecular weight excluding hydrogens is 460 g/mol. The number of carbonyl (C=O) groups is 2. The van der Waals surface area contributed by atoms with E-state index in [1.807, 2.05) is 79.7 Å². The van der Waals surface area contributed by atoms with Crippen molar-refractivity contribution in [2.45, 2.75) is 32.8 Å². The summed E-state index contributed by atoms with van der Waals surface area (Å²) in [6.07, 6.45) is 2.81. The predicted octanol–water partition coefficient (Wildman–Crippen LogP) is 6.33. The van der Waals surface area contributed by atoms with Gasteiger partial charge >= 0.3 is 6.16 Å². The predicted molar refractivity (Wildman–Crippen MR) is 137 cm³/mol. The lowest BCUT2D eigenvalue weighted by molar-refractivity contribution is -0.116. The number of hydrogen-bond donors (Lipinski definition) is 1. The van der Waals surface area contributed by atoms with Crippen molar-refractivity contribution >= 4 is 28.5 Å². The molecule has 6 nitrogen and oxygen atoms in total. The van der Waals surface area contributed by atoms with E-state index in [1.54, 1.807) is 12.3 Å². The number of nitrogens with zero attached hydrogens (tertiary/aromatic N) is 1. The van der Waals surface area contributed by atoms with Crippen molar-refractivity contribution in [1.29, 1.82) is 0 Å². The van der Waals surface area contributed by atoms with Crippen molar-refractivity contribution in [3.8, 4) is 5.75 Å². The van der Waals surface area contributed by atoms with Crippen molar-refractivity contribution in [2.75, 3.05) is 5.32 Å². The zero-order valence-electron chi connectivity index (χ0n) is 19.4. The van der Waals surface area contributed by atoms with Crippen molar-refractivity contribution in [3.05, 3.63) is 112 Å². The van der Waals surface area contributed by atoms with Crippen molar-refractivity contribution in [2.24, 2.45) is 0 Å². The third-order valence-electron chi connectivity index (χ3n) is 5.29. The third-order valence-corrected chi connectivity index (χ3v) is 6.21. The van der Waals surface area contributed by atoms with Crippen LogP contribution in [0, 0.1) is 6.92 Å². The Morgan fingerprint density at radius 2 is 1.63 bits per heavy atom. The first-order valence-electron chi connectivity index (χ1n) is 11.3. The maximum atomic E-state index is 12.3. The van der Waals surface area contributed by atoms with Crippen LogP contribution in [0.1, 0.15) is 33.6 Å². The second kappa shape index (κ2) is 11.9. The normalized spacial score (nSPS) is 10.5. The smallest absolute Gasteiger partial charge is 0.429 e. The van der Waals surface area contributed by atoms with Crippen LogP contribution in [-0.4, -0.2) is 17.0 Å². The number of hydrogen-bond acceptors (Lipinski definition) is 6. The highest BCUT2D eigenvalue weighted by Crippen LogP contribution is 2.25. The lowest BCUT2D eigenvalue weighted by atomic mass is 10.1. The molecule has 0 radical (unpaired) electrons. The largest absolute Gasteiger partial charge is 0.514 e. The van der Waals surface area contributed by atoms with Crippen molar-refractivity contribution in [1.82, 2.24) is 4.98 Å². The number of thiazole rings is 1. The fourth-order valence-electron chi connectivity index (χ4n) is 3.50. The Balaban J connectivity index is 1.26. The number of benzene rings is 3. The molecule has 0 aliphatic carbocycles. The van der Waals surface area contributed by atoms with Crippen LogP contribution in [0.2, 0.25) is 0 Å². The Bertz CT molecular complexity index is 1270. The molecule has 0 saturated carbocycles. The number of carbonyl (C=O) groups excluding carboxylic acids is 2. The van der Waals surface area contributed by atoms with E-state index >= 15 is 0 Å². The van der Waals surface area contributed by atoms with E-state index in [-0.39, 0.29) is 12.5 Å². The lowest BCUT2D eigenvalue weighted by Crippen LogP contribution is -2.11. The van der Waals surface area contributed by atoms with Crippen LogP contribution >= 0.6 is 11.3 Å². The molecule has 1 N–H and O–H groups in total. The summed E-state index contributed by atoms with van der Waals surface area (Å²) in [5.41, 5.74) is 3.92. The van der Waals surface area contributed by atoms with Gasteiger partial charge in [0, 0.05) is 23.9 Å². The van der Waals surface area contributed by atoms with Crippen LogP contribution in [0.25, 0.3) is 0 Å². The van der Waals surface area contributed by atoms with Crippen LogP contribution in [0.3, 0.4) is 0 Å². The first kappa shape index (κ1) is 24.2. The van der Waals surface area contributed by atoms with Gasteiger partial charge in [0.05, 0.1) is 0 Å². The fourth-order valence-corrected chi connectivity index (χ4v) is 4.37. The van der Waals surface area contributed by atoms with Gasteiger partial charge in [0.2, 0.25) is 5.91 Å². The molecule has 1 aromatic heterocycles. The van der Waals surface area contributed by atoms with Crippen LogP contribution < -0.4 is 10.1 Å². The average Bonchev–Trinajstić information content (AvgIpc) is 3.31. The number of nitrogens with one attached hydrogen (secondary N) is 1. The molecule has 1 amide bonds. The van der Waals surface area contributed by atoms with Crippen molar-refractivity contribution < 1.29 is 19.1 Å². The van der Waals surface area contributed by atoms with Gasteiger partial charge in [0.25, 0.3) is 0 Å². The standard InChI is InChI=1S/C28H26N2O4S/c1-20-16-23(12-14-25(20)34-28(32)33-19-22-10-6-3-7-11-22)17-24-18-29-27(35-24)30-26(31)15-13-21-8-4-2-5-9-21/h2-12,14,16,18H,13,15,17,19H2,1H3,(H,29,30,31). The molecular formula is C28H26N2O4S. The summed E-state index contributed by atoms with van der Waals surface area (Å²) in [4.78, 5) is 29.7. The molecule has 35 heavy (non-hydrogen) atoms. The van der Waals surface area contributed by atoms with Crippen molar-refractivity contribution in [3.63, 3.8) is 0 Å². The molecule has 0 saturated heterocycles. The summed E-state index contributed by atoms with van der Waals surface area (Å²) < 4.78 is 10.5. The molecule has 3 aromatic carbocycles. The highest BCUT2D eigenvalue weighted by molar-refractivity contribution is 7.15. The number of rotatable bonds is 9. The molecule has 178 valence electrons. The number of anilines is 1. The van der Waals surface area contributed by atoms with E-state index in [0.29, 0.717) is 30.1 Å². The van der Waals surface area contributed by atoms with E-state index in [2.05, 4.69) is 10.3 Å². The Kier molecular flexibility index (Phi) is 8.25. The molecule has 0 aliphatic rings. The molecule has 0 aliphatic heterocycles. The van der Waals surface area contributed by atoms with Crippen LogP contribution in [0.4, 0.5) is 9.93 Å². The van der Waals surface area contributed by atoms with E-state index in [9.17, 15) is 9.59 Å². The molecule has 0 spiro atoms. The van der Waals surface area contributed by atoms with E-state index in [4.69, 9.17) is 9.47 Å². The maximum Gasteiger partial charge on any atom is 0.514 e. The van der Waals surface area contributed by atoms with Gasteiger partial charge < -0.3 is 14.8 Å². The monoisotopic (exact) mass is 486 g/mol. The summed E-state index contributed by atoms with van der Waals surface area (Å²) in [5.74, 6) is 0.411. The quantitative estimate of drug-likeness (QED) is 0.221. The summed E-state index contributed by atoms with van der Waals surface area (Å²) in [6.45, 7) is 2.04. The Morgan fingerprint density at radius 3 is 2.34 bits per heavy atom. The SMILES string of the molecule is Cc1cc(Cc2cnc(NC(=O)CCc3ccccc3)s2)ccc1OC(=O)OCc1ccccc1. The first-order valence-corrected chi connectivity index (χ1v) is 12.1. The van der Waals surface area contributed by atoms with E-state index < -0.39 is 6.16 Å². The van der Waals surface area contributed by atoms with Crippen LogP contribution in [0.5, 0.6) is 5.75 Å². The Morgan fingerprint density at radius 1 is 0.914 bits per heavy atom. The molecule has 7 heteroatoms. The summed E-state index contributed by atoms with van der Waals surface area (Å²) in [6, 6.07) is 25.0. The summed E-state index contributed by atoms with van der Waals surface area (Å²) >= 11 is 1.45. The Labute approximate surface area is 208 Å². The van der Waals surface area contributed by atoms with Crippen LogP contribution in [0.15, 0.2) is 85.1 Å². The number of ether oxygens (including phenoxy) is 2. The van der Waals surface area contributed by atoms with Crippen LogP contribution in [-0.2, 0) is 29.0 Å². The molecule has 1 heterocycles. The molecule has 0 fully saturated rings. The van der Waals surface area contributed by atoms with Gasteiger partial charge in [0.15, 0.2) is 5.13 Å². The summed E-state index contributed by atoms with van der Waals surface area (Å²) in [7, 11) is 0. The maximum absolute atomic E-state index is 12.3. The minimum absolute atomic E-state index is 0.0498. The molecule has 0 atom stereocenters. The zero-order valence-corrected chi connectivity index (χ0v) is 20.2. The topological polar surface area (TPSA) is 77.5 Å². The van der Waals surface area contributed by atoms with E-state index in [0.717, 1.165) is 27.1 Å². The van der Waals surface area contributed by atoms with Gasteiger partial charge in [-0.05, 0) is 41.7 Å². The third kappa shape index (κ3) is 7.52. The fraction of sp³-hybridized carbons (Fsp3) is 0.179. The zero-order chi connectivity index (χ0) is 24.5. The minimum Gasteiger partial charge on any atom is -0.429 e.